The maximum atomic E-state index is 14.2. The lowest BCUT2D eigenvalue weighted by molar-refractivity contribution is -0.890. The second-order valence-corrected chi connectivity index (χ2v) is 12.7. The van der Waals surface area contributed by atoms with Gasteiger partial charge in [0, 0.05) is 32.2 Å². The first-order chi connectivity index (χ1) is 17.1. The highest BCUT2D eigenvalue weighted by Crippen LogP contribution is 2.63. The van der Waals surface area contributed by atoms with Crippen molar-refractivity contribution in [1.29, 1.82) is 0 Å². The highest BCUT2D eigenvalue weighted by atomic mass is 32.2. The Kier molecular flexibility index (Phi) is 10.7. The van der Waals surface area contributed by atoms with Crippen LogP contribution in [0.15, 0.2) is 0 Å². The van der Waals surface area contributed by atoms with Gasteiger partial charge in [0.25, 0.3) is 10.0 Å². The largest absolute Gasteiger partial charge is 0.748 e. The van der Waals surface area contributed by atoms with Gasteiger partial charge < -0.3 is 9.04 Å². The summed E-state index contributed by atoms with van der Waals surface area (Å²) in [5.41, 5.74) is 0. The SMILES string of the molecule is CN(CCC[N+](C)(C)CCCS(=O)(=O)[O-])S(=O)(=O)C(F)(F)C(F)(F)C(F)(F)C(F)(F)C(F)(F)C(F)(F)C(F)(F)F. The van der Waals surface area contributed by atoms with E-state index in [1.807, 2.05) is 0 Å². The zero-order valence-corrected chi connectivity index (χ0v) is 21.8. The van der Waals surface area contributed by atoms with Gasteiger partial charge in [-0.15, -0.1) is 0 Å². The third kappa shape index (κ3) is 6.85. The highest BCUT2D eigenvalue weighted by Gasteiger charge is 2.94. The lowest BCUT2D eigenvalue weighted by Crippen LogP contribution is -2.73. The van der Waals surface area contributed by atoms with Crippen LogP contribution in [0.3, 0.4) is 0 Å². The Morgan fingerprint density at radius 2 is 0.975 bits per heavy atom. The van der Waals surface area contributed by atoms with E-state index in [4.69, 9.17) is 0 Å². The van der Waals surface area contributed by atoms with Crippen LogP contribution in [0.25, 0.3) is 0 Å². The topological polar surface area (TPSA) is 94.6 Å². The summed E-state index contributed by atoms with van der Waals surface area (Å²) in [6, 6.07) is 0. The molecule has 40 heavy (non-hydrogen) atoms. The van der Waals surface area contributed by atoms with Crippen molar-refractivity contribution < 1.29 is 91.7 Å². The average Bonchev–Trinajstić information content (AvgIpc) is 2.70. The Balaban J connectivity index is 6.11. The molecule has 0 aliphatic heterocycles. The molecule has 242 valence electrons. The third-order valence-electron chi connectivity index (χ3n) is 5.43. The fourth-order valence-corrected chi connectivity index (χ4v) is 4.63. The second-order valence-electron chi connectivity index (χ2n) is 9.06. The summed E-state index contributed by atoms with van der Waals surface area (Å²) in [6.45, 7) is -1.72. The number of sulfonamides is 1. The first-order valence-corrected chi connectivity index (χ1v) is 13.2. The Hall–Kier alpha value is -1.27. The molecule has 0 unspecified atom stereocenters. The van der Waals surface area contributed by atoms with Gasteiger partial charge in [0.1, 0.15) is 0 Å². The van der Waals surface area contributed by atoms with Crippen molar-refractivity contribution in [2.24, 2.45) is 0 Å². The number of quaternary nitrogens is 1. The number of halogens is 15. The predicted molar refractivity (Wildman–Crippen MR) is 103 cm³/mol. The van der Waals surface area contributed by atoms with Gasteiger partial charge in [0.15, 0.2) is 0 Å². The lowest BCUT2D eigenvalue weighted by Gasteiger charge is -2.41. The van der Waals surface area contributed by atoms with Crippen LogP contribution >= 0.6 is 0 Å². The number of rotatable bonds is 15. The number of hydrogen-bond donors (Lipinski definition) is 0. The molecule has 0 aromatic heterocycles. The average molecular weight is 670 g/mol. The lowest BCUT2D eigenvalue weighted by atomic mass is 9.94. The molecular formula is C16H21F15N2O5S2. The molecule has 0 saturated heterocycles. The minimum absolute atomic E-state index is 0.00597. The van der Waals surface area contributed by atoms with E-state index in [2.05, 4.69) is 0 Å². The van der Waals surface area contributed by atoms with Crippen LogP contribution in [-0.2, 0) is 20.1 Å². The summed E-state index contributed by atoms with van der Waals surface area (Å²) >= 11 is 0. The first kappa shape index (κ1) is 38.7. The van der Waals surface area contributed by atoms with Crippen molar-refractivity contribution in [3.8, 4) is 0 Å². The smallest absolute Gasteiger partial charge is 0.460 e. The van der Waals surface area contributed by atoms with Crippen molar-refractivity contribution in [3.05, 3.63) is 0 Å². The molecule has 0 aromatic rings. The molecule has 0 spiro atoms. The standard InChI is InChI=1S/C16H21F15N2O5S2/c1-32(6-4-7-33(2,3)8-5-9-39(34,35)36)40(37,38)16(30,31)14(25,26)12(21,22)10(17,18)11(19,20)13(23,24)15(27,28)29/h4-9H2,1-3H3. The molecular weight excluding hydrogens is 649 g/mol. The second kappa shape index (κ2) is 11.1. The molecule has 0 atom stereocenters. The third-order valence-corrected chi connectivity index (χ3v) is 8.12. The van der Waals surface area contributed by atoms with E-state index in [1.54, 1.807) is 0 Å². The Morgan fingerprint density at radius 3 is 1.35 bits per heavy atom. The van der Waals surface area contributed by atoms with Gasteiger partial charge in [-0.3, -0.25) is 0 Å². The summed E-state index contributed by atoms with van der Waals surface area (Å²) in [7, 11) is -9.25. The fourth-order valence-electron chi connectivity index (χ4n) is 2.93. The molecule has 0 saturated carbocycles. The maximum Gasteiger partial charge on any atom is 0.460 e. The van der Waals surface area contributed by atoms with E-state index < -0.39 is 84.2 Å². The molecule has 0 aliphatic rings. The Bertz CT molecular complexity index is 1110. The van der Waals surface area contributed by atoms with Crippen molar-refractivity contribution >= 4 is 20.1 Å². The molecule has 0 bridgehead atoms. The number of nitrogens with zero attached hydrogens (tertiary/aromatic N) is 2. The molecule has 0 aromatic carbocycles. The van der Waals surface area contributed by atoms with Crippen molar-refractivity contribution in [3.63, 3.8) is 0 Å². The zero-order valence-electron chi connectivity index (χ0n) is 20.2. The fraction of sp³-hybridized carbons (Fsp3) is 1.00. The summed E-state index contributed by atoms with van der Waals surface area (Å²) in [6.07, 6.45) is -8.68. The number of hydrogen-bond acceptors (Lipinski definition) is 5. The van der Waals surface area contributed by atoms with Crippen molar-refractivity contribution in [1.82, 2.24) is 4.31 Å². The normalized spacial score (nSPS) is 16.1. The van der Waals surface area contributed by atoms with Gasteiger partial charge in [-0.25, -0.2) is 16.8 Å². The van der Waals surface area contributed by atoms with Crippen LogP contribution in [0.5, 0.6) is 0 Å². The minimum Gasteiger partial charge on any atom is -0.748 e. The molecule has 0 fully saturated rings. The minimum atomic E-state index is -8.61. The highest BCUT2D eigenvalue weighted by molar-refractivity contribution is 7.90. The molecule has 7 nitrogen and oxygen atoms in total. The summed E-state index contributed by atoms with van der Waals surface area (Å²) in [5.74, 6) is -42.9. The maximum absolute atomic E-state index is 14.2. The van der Waals surface area contributed by atoms with Crippen LogP contribution in [-0.4, -0.2) is 118 Å². The summed E-state index contributed by atoms with van der Waals surface area (Å²) in [4.78, 5) is 0. The van der Waals surface area contributed by atoms with Crippen LogP contribution in [0, 0.1) is 0 Å². The van der Waals surface area contributed by atoms with Crippen molar-refractivity contribution in [2.45, 2.75) is 53.9 Å². The van der Waals surface area contributed by atoms with Gasteiger partial charge in [0.05, 0.1) is 37.3 Å². The Morgan fingerprint density at radius 1 is 0.625 bits per heavy atom. The van der Waals surface area contributed by atoms with E-state index in [0.29, 0.717) is 0 Å². The van der Waals surface area contributed by atoms with E-state index in [0.717, 1.165) is 0 Å². The van der Waals surface area contributed by atoms with Gasteiger partial charge in [-0.05, 0) is 0 Å². The van der Waals surface area contributed by atoms with Gasteiger partial charge >= 0.3 is 41.0 Å². The van der Waals surface area contributed by atoms with E-state index in [1.165, 1.54) is 14.1 Å². The van der Waals surface area contributed by atoms with E-state index in [9.17, 15) is 87.2 Å². The van der Waals surface area contributed by atoms with E-state index >= 15 is 0 Å². The zero-order chi connectivity index (χ0) is 32.8. The Labute approximate surface area is 217 Å². The van der Waals surface area contributed by atoms with E-state index in [-0.39, 0.29) is 31.0 Å². The van der Waals surface area contributed by atoms with Gasteiger partial charge in [0.2, 0.25) is 0 Å². The predicted octanol–water partition coefficient (Wildman–Crippen LogP) is 3.98. The van der Waals surface area contributed by atoms with Gasteiger partial charge in [-0.2, -0.15) is 70.2 Å². The quantitative estimate of drug-likeness (QED) is 0.149. The summed E-state index contributed by atoms with van der Waals surface area (Å²) < 4.78 is 254. The van der Waals surface area contributed by atoms with Crippen LogP contribution in [0.2, 0.25) is 0 Å². The van der Waals surface area contributed by atoms with Crippen LogP contribution < -0.4 is 0 Å². The molecule has 0 amide bonds. The van der Waals surface area contributed by atoms with Crippen molar-refractivity contribution in [2.75, 3.05) is 46.5 Å². The number of alkyl halides is 15. The summed E-state index contributed by atoms with van der Waals surface area (Å²) in [5, 5.41) is -7.49. The molecule has 0 rings (SSSR count). The monoisotopic (exact) mass is 670 g/mol. The molecule has 0 aliphatic carbocycles. The molecule has 0 heterocycles. The molecule has 0 N–H and O–H groups in total. The van der Waals surface area contributed by atoms with Crippen LogP contribution in [0.1, 0.15) is 12.8 Å². The molecule has 0 radical (unpaired) electrons. The molecule has 24 heteroatoms. The van der Waals surface area contributed by atoms with Crippen LogP contribution in [0.4, 0.5) is 65.9 Å². The van der Waals surface area contributed by atoms with Gasteiger partial charge in [-0.1, -0.05) is 0 Å². The first-order valence-electron chi connectivity index (χ1n) is 10.1.